The molecule has 1 unspecified atom stereocenters. The van der Waals surface area contributed by atoms with E-state index in [-0.39, 0.29) is 6.04 Å². The molecule has 3 rings (SSSR count). The fraction of sp³-hybridized carbons (Fsp3) is 0.429. The highest BCUT2D eigenvalue weighted by molar-refractivity contribution is 9.10. The predicted molar refractivity (Wildman–Crippen MR) is 82.1 cm³/mol. The standard InChI is InChI=1S/C14H17BrN4O2/c15-11-8-16-14(17-9-11)18-10-12(13-2-1-5-21-13)19-3-6-20-7-4-19/h1-2,5,8-9,12H,3-4,6-7,10H2,(H,16,17,18). The van der Waals surface area contributed by atoms with E-state index in [0.29, 0.717) is 12.5 Å². The molecule has 1 aliphatic heterocycles. The second-order valence-corrected chi connectivity index (χ2v) is 5.70. The highest BCUT2D eigenvalue weighted by Crippen LogP contribution is 2.22. The van der Waals surface area contributed by atoms with Crippen LogP contribution in [0.5, 0.6) is 0 Å². The number of hydrogen-bond acceptors (Lipinski definition) is 6. The summed E-state index contributed by atoms with van der Waals surface area (Å²) in [6, 6.07) is 4.07. The fourth-order valence-electron chi connectivity index (χ4n) is 2.37. The smallest absolute Gasteiger partial charge is 0.222 e. The summed E-state index contributed by atoms with van der Waals surface area (Å²) < 4.78 is 11.9. The minimum absolute atomic E-state index is 0.149. The molecule has 1 fully saturated rings. The van der Waals surface area contributed by atoms with Gasteiger partial charge in [-0.3, -0.25) is 4.90 Å². The first-order valence-corrected chi connectivity index (χ1v) is 7.69. The molecule has 0 spiro atoms. The highest BCUT2D eigenvalue weighted by atomic mass is 79.9. The molecule has 6 nitrogen and oxygen atoms in total. The minimum Gasteiger partial charge on any atom is -0.468 e. The Balaban J connectivity index is 1.68. The Hall–Kier alpha value is -1.44. The first kappa shape index (κ1) is 14.5. The third kappa shape index (κ3) is 3.81. The maximum atomic E-state index is 5.59. The number of nitrogens with zero attached hydrogens (tertiary/aromatic N) is 3. The number of nitrogens with one attached hydrogen (secondary N) is 1. The van der Waals surface area contributed by atoms with Crippen LogP contribution in [0, 0.1) is 0 Å². The van der Waals surface area contributed by atoms with E-state index >= 15 is 0 Å². The second kappa shape index (κ2) is 7.02. The summed E-state index contributed by atoms with van der Waals surface area (Å²) in [5.41, 5.74) is 0. The van der Waals surface area contributed by atoms with Gasteiger partial charge in [-0.15, -0.1) is 0 Å². The van der Waals surface area contributed by atoms with Gasteiger partial charge in [-0.25, -0.2) is 9.97 Å². The van der Waals surface area contributed by atoms with Gasteiger partial charge in [-0.1, -0.05) is 0 Å². The number of ether oxygens (including phenoxy) is 1. The molecule has 0 radical (unpaired) electrons. The Morgan fingerprint density at radius 2 is 2.05 bits per heavy atom. The number of anilines is 1. The van der Waals surface area contributed by atoms with E-state index in [9.17, 15) is 0 Å². The molecule has 0 saturated carbocycles. The molecule has 21 heavy (non-hydrogen) atoms. The largest absolute Gasteiger partial charge is 0.468 e. The molecular formula is C14H17BrN4O2. The van der Waals surface area contributed by atoms with Gasteiger partial charge in [0.05, 0.1) is 30.0 Å². The maximum Gasteiger partial charge on any atom is 0.222 e. The van der Waals surface area contributed by atoms with Crippen molar-refractivity contribution in [2.24, 2.45) is 0 Å². The molecule has 2 aromatic heterocycles. The zero-order valence-electron chi connectivity index (χ0n) is 11.5. The molecular weight excluding hydrogens is 336 g/mol. The number of aromatic nitrogens is 2. The summed E-state index contributed by atoms with van der Waals surface area (Å²) in [4.78, 5) is 10.8. The third-order valence-electron chi connectivity index (χ3n) is 3.43. The molecule has 3 heterocycles. The predicted octanol–water partition coefficient (Wildman–Crippen LogP) is 2.32. The van der Waals surface area contributed by atoms with Crippen LogP contribution in [0.15, 0.2) is 39.7 Å². The van der Waals surface area contributed by atoms with Crippen LogP contribution in [-0.4, -0.2) is 47.7 Å². The Bertz CT molecular complexity index is 541. The number of morpholine rings is 1. The molecule has 1 aliphatic rings. The van der Waals surface area contributed by atoms with Gasteiger partial charge in [0.25, 0.3) is 0 Å². The fourth-order valence-corrected chi connectivity index (χ4v) is 2.58. The van der Waals surface area contributed by atoms with Crippen molar-refractivity contribution in [3.8, 4) is 0 Å². The molecule has 2 aromatic rings. The van der Waals surface area contributed by atoms with Crippen molar-refractivity contribution in [1.82, 2.24) is 14.9 Å². The van der Waals surface area contributed by atoms with Crippen molar-refractivity contribution in [1.29, 1.82) is 0 Å². The van der Waals surface area contributed by atoms with Crippen molar-refractivity contribution in [3.05, 3.63) is 41.0 Å². The van der Waals surface area contributed by atoms with E-state index in [1.807, 2.05) is 12.1 Å². The van der Waals surface area contributed by atoms with Gasteiger partial charge < -0.3 is 14.5 Å². The zero-order chi connectivity index (χ0) is 14.5. The second-order valence-electron chi connectivity index (χ2n) is 4.79. The molecule has 0 amide bonds. The summed E-state index contributed by atoms with van der Waals surface area (Å²) in [7, 11) is 0. The Morgan fingerprint density at radius 3 is 2.71 bits per heavy atom. The molecule has 0 aromatic carbocycles. The highest BCUT2D eigenvalue weighted by Gasteiger charge is 2.24. The molecule has 0 bridgehead atoms. The van der Waals surface area contributed by atoms with Crippen LogP contribution in [0.2, 0.25) is 0 Å². The number of halogens is 1. The average molecular weight is 353 g/mol. The van der Waals surface area contributed by atoms with Gasteiger partial charge in [0.1, 0.15) is 5.76 Å². The molecule has 1 N–H and O–H groups in total. The zero-order valence-corrected chi connectivity index (χ0v) is 13.1. The van der Waals surface area contributed by atoms with Gasteiger partial charge >= 0.3 is 0 Å². The number of furan rings is 1. The number of rotatable bonds is 5. The van der Waals surface area contributed by atoms with Crippen molar-refractivity contribution in [2.45, 2.75) is 6.04 Å². The Morgan fingerprint density at radius 1 is 1.29 bits per heavy atom. The first-order valence-electron chi connectivity index (χ1n) is 6.89. The lowest BCUT2D eigenvalue weighted by atomic mass is 10.1. The van der Waals surface area contributed by atoms with Crippen LogP contribution in [0.1, 0.15) is 11.8 Å². The van der Waals surface area contributed by atoms with E-state index in [1.165, 1.54) is 0 Å². The monoisotopic (exact) mass is 352 g/mol. The molecule has 0 aliphatic carbocycles. The van der Waals surface area contributed by atoms with E-state index in [4.69, 9.17) is 9.15 Å². The van der Waals surface area contributed by atoms with Crippen LogP contribution in [0.4, 0.5) is 5.95 Å². The van der Waals surface area contributed by atoms with E-state index in [0.717, 1.165) is 36.5 Å². The lowest BCUT2D eigenvalue weighted by Crippen LogP contribution is -2.41. The normalized spacial score (nSPS) is 17.6. The Kier molecular flexibility index (Phi) is 4.84. The SMILES string of the molecule is Brc1cnc(NCC(c2ccco2)N2CCOCC2)nc1. The van der Waals surface area contributed by atoms with E-state index in [2.05, 4.69) is 36.1 Å². The summed E-state index contributed by atoms with van der Waals surface area (Å²) >= 11 is 3.33. The van der Waals surface area contributed by atoms with Crippen LogP contribution in [0.25, 0.3) is 0 Å². The average Bonchev–Trinajstić information content (AvgIpc) is 3.05. The summed E-state index contributed by atoms with van der Waals surface area (Å²) in [5, 5.41) is 3.27. The van der Waals surface area contributed by atoms with Gasteiger partial charge in [0.15, 0.2) is 0 Å². The molecule has 112 valence electrons. The van der Waals surface area contributed by atoms with Crippen molar-refractivity contribution in [2.75, 3.05) is 38.2 Å². The van der Waals surface area contributed by atoms with Gasteiger partial charge in [0.2, 0.25) is 5.95 Å². The summed E-state index contributed by atoms with van der Waals surface area (Å²) in [5.74, 6) is 1.56. The summed E-state index contributed by atoms with van der Waals surface area (Å²) in [6.07, 6.45) is 5.16. The van der Waals surface area contributed by atoms with Crippen molar-refractivity contribution >= 4 is 21.9 Å². The maximum absolute atomic E-state index is 5.59. The quantitative estimate of drug-likeness (QED) is 0.890. The first-order chi connectivity index (χ1) is 10.3. The third-order valence-corrected chi connectivity index (χ3v) is 3.84. The topological polar surface area (TPSA) is 63.4 Å². The minimum atomic E-state index is 0.149. The molecule has 1 saturated heterocycles. The van der Waals surface area contributed by atoms with Gasteiger partial charge in [-0.05, 0) is 28.1 Å². The Labute approximate surface area is 131 Å². The van der Waals surface area contributed by atoms with E-state index < -0.39 is 0 Å². The lowest BCUT2D eigenvalue weighted by Gasteiger charge is -2.33. The van der Waals surface area contributed by atoms with Crippen LogP contribution in [0.3, 0.4) is 0 Å². The van der Waals surface area contributed by atoms with E-state index in [1.54, 1.807) is 18.7 Å². The molecule has 1 atom stereocenters. The van der Waals surface area contributed by atoms with Gasteiger partial charge in [0, 0.05) is 32.0 Å². The van der Waals surface area contributed by atoms with Crippen LogP contribution in [-0.2, 0) is 4.74 Å². The molecule has 7 heteroatoms. The van der Waals surface area contributed by atoms with Crippen molar-refractivity contribution < 1.29 is 9.15 Å². The van der Waals surface area contributed by atoms with Gasteiger partial charge in [-0.2, -0.15) is 0 Å². The number of hydrogen-bond donors (Lipinski definition) is 1. The van der Waals surface area contributed by atoms with Crippen molar-refractivity contribution in [3.63, 3.8) is 0 Å². The van der Waals surface area contributed by atoms with Crippen LogP contribution < -0.4 is 5.32 Å². The summed E-state index contributed by atoms with van der Waals surface area (Å²) in [6.45, 7) is 4.00. The lowest BCUT2D eigenvalue weighted by molar-refractivity contribution is 0.0144. The van der Waals surface area contributed by atoms with Crippen LogP contribution >= 0.6 is 15.9 Å².